The lowest BCUT2D eigenvalue weighted by molar-refractivity contribution is -0.154. The average molecular weight is 270 g/mol. The van der Waals surface area contributed by atoms with Gasteiger partial charge in [-0.05, 0) is 44.4 Å². The number of hydrogen-bond donors (Lipinski definition) is 2. The predicted octanol–water partition coefficient (Wildman–Crippen LogP) is 0.973. The second-order valence-corrected chi connectivity index (χ2v) is 6.14. The van der Waals surface area contributed by atoms with E-state index in [0.717, 1.165) is 65.0 Å². The molecular formula is C14H26N2O3. The highest BCUT2D eigenvalue weighted by molar-refractivity contribution is 4.95. The average Bonchev–Trinajstić information content (AvgIpc) is 2.95. The van der Waals surface area contributed by atoms with Gasteiger partial charge in [0.15, 0.2) is 0 Å². The fraction of sp³-hybridized carbons (Fsp3) is 1.00. The van der Waals surface area contributed by atoms with Gasteiger partial charge in [0, 0.05) is 26.4 Å². The molecule has 0 aliphatic carbocycles. The van der Waals surface area contributed by atoms with Crippen molar-refractivity contribution in [3.63, 3.8) is 0 Å². The Hall–Kier alpha value is -0.200. The molecule has 0 aromatic rings. The van der Waals surface area contributed by atoms with E-state index in [1.807, 2.05) is 0 Å². The van der Waals surface area contributed by atoms with Crippen LogP contribution in [0.4, 0.5) is 0 Å². The van der Waals surface area contributed by atoms with E-state index < -0.39 is 0 Å². The maximum Gasteiger partial charge on any atom is 0.0745 e. The summed E-state index contributed by atoms with van der Waals surface area (Å²) in [5, 5.41) is 0. The van der Waals surface area contributed by atoms with Gasteiger partial charge in [-0.25, -0.2) is 0 Å². The Kier molecular flexibility index (Phi) is 4.39. The molecule has 0 aromatic heterocycles. The summed E-state index contributed by atoms with van der Waals surface area (Å²) < 4.78 is 17.4. The summed E-state index contributed by atoms with van der Waals surface area (Å²) in [6.45, 7) is 3.38. The van der Waals surface area contributed by atoms with Crippen molar-refractivity contribution in [3.05, 3.63) is 0 Å². The van der Waals surface area contributed by atoms with Crippen LogP contribution in [-0.2, 0) is 14.2 Å². The number of hydrazine groups is 1. The second-order valence-electron chi connectivity index (χ2n) is 6.14. The summed E-state index contributed by atoms with van der Waals surface area (Å²) in [6.07, 6.45) is 6.78. The van der Waals surface area contributed by atoms with Gasteiger partial charge >= 0.3 is 0 Å². The first kappa shape index (κ1) is 13.8. The van der Waals surface area contributed by atoms with E-state index in [2.05, 4.69) is 5.43 Å². The van der Waals surface area contributed by atoms with Crippen LogP contribution in [0.5, 0.6) is 0 Å². The highest BCUT2D eigenvalue weighted by Gasteiger charge is 2.43. The summed E-state index contributed by atoms with van der Waals surface area (Å²) in [7, 11) is 0. The van der Waals surface area contributed by atoms with Crippen LogP contribution in [0.25, 0.3) is 0 Å². The molecule has 3 aliphatic heterocycles. The molecule has 5 nitrogen and oxygen atoms in total. The minimum absolute atomic E-state index is 0.0366. The largest absolute Gasteiger partial charge is 0.381 e. The predicted molar refractivity (Wildman–Crippen MR) is 71.5 cm³/mol. The Morgan fingerprint density at radius 1 is 1.11 bits per heavy atom. The highest BCUT2D eigenvalue weighted by atomic mass is 16.5. The quantitative estimate of drug-likeness (QED) is 0.591. The van der Waals surface area contributed by atoms with Gasteiger partial charge in [-0.15, -0.1) is 0 Å². The lowest BCUT2D eigenvalue weighted by Gasteiger charge is -2.46. The molecule has 110 valence electrons. The second kappa shape index (κ2) is 6.06. The van der Waals surface area contributed by atoms with Gasteiger partial charge in [-0.2, -0.15) is 0 Å². The number of hydrogen-bond acceptors (Lipinski definition) is 5. The minimum atomic E-state index is 0.0366. The lowest BCUT2D eigenvalue weighted by Crippen LogP contribution is -2.54. The summed E-state index contributed by atoms with van der Waals surface area (Å²) in [6, 6.07) is 0.270. The van der Waals surface area contributed by atoms with E-state index in [0.29, 0.717) is 5.92 Å². The molecule has 3 heterocycles. The van der Waals surface area contributed by atoms with E-state index in [9.17, 15) is 0 Å². The van der Waals surface area contributed by atoms with Crippen LogP contribution in [-0.4, -0.2) is 44.2 Å². The normalized spacial score (nSPS) is 36.5. The van der Waals surface area contributed by atoms with E-state index >= 15 is 0 Å². The zero-order valence-corrected chi connectivity index (χ0v) is 11.6. The Morgan fingerprint density at radius 2 is 1.95 bits per heavy atom. The fourth-order valence-electron chi connectivity index (χ4n) is 3.90. The van der Waals surface area contributed by atoms with Crippen molar-refractivity contribution in [1.29, 1.82) is 0 Å². The Balaban J connectivity index is 1.65. The van der Waals surface area contributed by atoms with Crippen molar-refractivity contribution in [1.82, 2.24) is 5.43 Å². The van der Waals surface area contributed by atoms with Crippen LogP contribution in [0, 0.1) is 5.92 Å². The third-order valence-electron chi connectivity index (χ3n) is 5.00. The monoisotopic (exact) mass is 270 g/mol. The maximum atomic E-state index is 6.10. The molecule has 0 saturated carbocycles. The highest BCUT2D eigenvalue weighted by Crippen LogP contribution is 2.39. The molecule has 0 radical (unpaired) electrons. The molecule has 5 heteroatoms. The van der Waals surface area contributed by atoms with E-state index in [4.69, 9.17) is 20.1 Å². The molecule has 1 spiro atoms. The third-order valence-corrected chi connectivity index (χ3v) is 5.00. The molecule has 19 heavy (non-hydrogen) atoms. The van der Waals surface area contributed by atoms with Crippen molar-refractivity contribution in [2.24, 2.45) is 11.8 Å². The van der Waals surface area contributed by atoms with Crippen LogP contribution in [0.15, 0.2) is 0 Å². The summed E-state index contributed by atoms with van der Waals surface area (Å²) >= 11 is 0. The van der Waals surface area contributed by atoms with Crippen molar-refractivity contribution in [3.8, 4) is 0 Å². The standard InChI is InChI=1S/C14H26N2O3/c15-16-13(12-2-1-6-18-12)11-3-7-19-14(10-11)4-8-17-9-5-14/h11-13,16H,1-10,15H2. The maximum absolute atomic E-state index is 6.10. The van der Waals surface area contributed by atoms with Gasteiger partial charge in [0.2, 0.25) is 0 Å². The molecule has 0 aromatic carbocycles. The Labute approximate surface area is 115 Å². The fourth-order valence-corrected chi connectivity index (χ4v) is 3.90. The zero-order chi connectivity index (χ0) is 13.1. The van der Waals surface area contributed by atoms with E-state index in [1.54, 1.807) is 0 Å². The molecule has 3 saturated heterocycles. The zero-order valence-electron chi connectivity index (χ0n) is 11.6. The summed E-state index contributed by atoms with van der Waals surface area (Å²) in [4.78, 5) is 0. The first-order valence-electron chi connectivity index (χ1n) is 7.62. The Morgan fingerprint density at radius 3 is 2.63 bits per heavy atom. The molecule has 0 bridgehead atoms. The van der Waals surface area contributed by atoms with Crippen molar-refractivity contribution in [2.45, 2.75) is 56.3 Å². The lowest BCUT2D eigenvalue weighted by atomic mass is 9.76. The first-order chi connectivity index (χ1) is 9.33. The molecule has 3 unspecified atom stereocenters. The summed E-state index contributed by atoms with van der Waals surface area (Å²) in [5.41, 5.74) is 3.06. The molecular weight excluding hydrogens is 244 g/mol. The molecule has 3 atom stereocenters. The van der Waals surface area contributed by atoms with Gasteiger partial charge in [0.05, 0.1) is 17.7 Å². The van der Waals surface area contributed by atoms with E-state index in [-0.39, 0.29) is 17.7 Å². The van der Waals surface area contributed by atoms with Gasteiger partial charge in [-0.3, -0.25) is 11.3 Å². The van der Waals surface area contributed by atoms with Crippen LogP contribution >= 0.6 is 0 Å². The first-order valence-corrected chi connectivity index (χ1v) is 7.62. The Bertz CT molecular complexity index is 283. The minimum Gasteiger partial charge on any atom is -0.381 e. The molecule has 0 amide bonds. The molecule has 3 N–H and O–H groups in total. The van der Waals surface area contributed by atoms with Crippen LogP contribution < -0.4 is 11.3 Å². The van der Waals surface area contributed by atoms with Crippen molar-refractivity contribution >= 4 is 0 Å². The summed E-state index contributed by atoms with van der Waals surface area (Å²) in [5.74, 6) is 6.36. The van der Waals surface area contributed by atoms with Crippen molar-refractivity contribution in [2.75, 3.05) is 26.4 Å². The van der Waals surface area contributed by atoms with Gasteiger partial charge in [0.1, 0.15) is 0 Å². The van der Waals surface area contributed by atoms with E-state index in [1.165, 1.54) is 0 Å². The molecule has 3 fully saturated rings. The number of ether oxygens (including phenoxy) is 3. The molecule has 3 aliphatic rings. The van der Waals surface area contributed by atoms with Crippen LogP contribution in [0.1, 0.15) is 38.5 Å². The van der Waals surface area contributed by atoms with Gasteiger partial charge in [0.25, 0.3) is 0 Å². The number of nitrogens with two attached hydrogens (primary N) is 1. The number of nitrogens with one attached hydrogen (secondary N) is 1. The van der Waals surface area contributed by atoms with Crippen LogP contribution in [0.3, 0.4) is 0 Å². The van der Waals surface area contributed by atoms with Gasteiger partial charge in [-0.1, -0.05) is 0 Å². The third kappa shape index (κ3) is 2.95. The van der Waals surface area contributed by atoms with Gasteiger partial charge < -0.3 is 14.2 Å². The topological polar surface area (TPSA) is 65.7 Å². The number of rotatable bonds is 3. The van der Waals surface area contributed by atoms with Crippen LogP contribution in [0.2, 0.25) is 0 Å². The molecule has 3 rings (SSSR count). The smallest absolute Gasteiger partial charge is 0.0745 e. The SMILES string of the molecule is NNC(C1CCOC2(CCOCC2)C1)C1CCCO1. The van der Waals surface area contributed by atoms with Crippen molar-refractivity contribution < 1.29 is 14.2 Å².